The first kappa shape index (κ1) is 24.8. The van der Waals surface area contributed by atoms with Gasteiger partial charge in [0.2, 0.25) is 0 Å². The highest BCUT2D eigenvalue weighted by Crippen LogP contribution is 2.18. The summed E-state index contributed by atoms with van der Waals surface area (Å²) in [5.74, 6) is 2.01. The molecule has 0 saturated carbocycles. The first-order chi connectivity index (χ1) is 18.5. The Kier molecular flexibility index (Phi) is 7.19. The molecule has 0 radical (unpaired) electrons. The topological polar surface area (TPSA) is 116 Å². The number of hydrogen-bond acceptors (Lipinski definition) is 7. The van der Waals surface area contributed by atoms with Gasteiger partial charge in [-0.05, 0) is 42.0 Å². The number of methoxy groups -OCH3 is 1. The Balaban J connectivity index is 0.000000156. The van der Waals surface area contributed by atoms with Gasteiger partial charge in [-0.1, -0.05) is 35.9 Å². The van der Waals surface area contributed by atoms with Crippen molar-refractivity contribution in [3.05, 3.63) is 129 Å². The Hall–Kier alpha value is -4.89. The highest BCUT2D eigenvalue weighted by atomic mass is 35.5. The number of pyridine rings is 2. The van der Waals surface area contributed by atoms with Crippen LogP contribution in [0.1, 0.15) is 11.4 Å². The Morgan fingerprint density at radius 3 is 2.55 bits per heavy atom. The summed E-state index contributed by atoms with van der Waals surface area (Å²) in [5, 5.41) is 1.31. The Labute approximate surface area is 221 Å². The van der Waals surface area contributed by atoms with Crippen molar-refractivity contribution in [2.75, 3.05) is 7.11 Å². The second kappa shape index (κ2) is 11.0. The van der Waals surface area contributed by atoms with E-state index in [9.17, 15) is 9.59 Å². The minimum atomic E-state index is -0.218. The lowest BCUT2D eigenvalue weighted by Crippen LogP contribution is -2.19. The molecule has 38 heavy (non-hydrogen) atoms. The number of nitrogens with zero attached hydrogens (tertiary/aromatic N) is 5. The number of H-pyrrole nitrogens is 1. The predicted octanol–water partition coefficient (Wildman–Crippen LogP) is 4.35. The fraction of sp³-hybridized carbons (Fsp3) is 0.0714. The molecule has 4 heterocycles. The second-order valence-electron chi connectivity index (χ2n) is 8.16. The summed E-state index contributed by atoms with van der Waals surface area (Å²) in [6.07, 6.45) is 6.85. The Morgan fingerprint density at radius 2 is 1.79 bits per heavy atom. The summed E-state index contributed by atoms with van der Waals surface area (Å²) < 4.78 is 6.50. The van der Waals surface area contributed by atoms with Gasteiger partial charge in [0.25, 0.3) is 5.56 Å². The average Bonchev–Trinajstić information content (AvgIpc) is 2.95. The van der Waals surface area contributed by atoms with E-state index in [-0.39, 0.29) is 11.0 Å². The number of fused-ring (bicyclic) bond motifs is 2. The average molecular weight is 525 g/mol. The van der Waals surface area contributed by atoms with Gasteiger partial charge in [0.15, 0.2) is 5.43 Å². The van der Waals surface area contributed by atoms with Crippen molar-refractivity contribution in [3.63, 3.8) is 0 Å². The van der Waals surface area contributed by atoms with Crippen molar-refractivity contribution < 1.29 is 4.74 Å². The van der Waals surface area contributed by atoms with E-state index in [0.717, 1.165) is 11.3 Å². The number of hydrogen-bond donors (Lipinski definition) is 1. The number of nitrogens with one attached hydrogen (secondary N) is 1. The Morgan fingerprint density at radius 1 is 0.947 bits per heavy atom. The van der Waals surface area contributed by atoms with E-state index in [4.69, 9.17) is 16.3 Å². The Bertz CT molecular complexity index is 1840. The molecule has 0 spiro atoms. The largest absolute Gasteiger partial charge is 0.497 e. The molecule has 9 nitrogen and oxygen atoms in total. The van der Waals surface area contributed by atoms with Crippen LogP contribution in [0.25, 0.3) is 27.8 Å². The molecular weight excluding hydrogens is 504 g/mol. The molecule has 188 valence electrons. The zero-order valence-electron chi connectivity index (χ0n) is 20.2. The summed E-state index contributed by atoms with van der Waals surface area (Å²) in [4.78, 5) is 43.9. The smallest absolute Gasteiger partial charge is 0.268 e. The van der Waals surface area contributed by atoms with E-state index in [1.807, 2.05) is 30.3 Å². The van der Waals surface area contributed by atoms with E-state index in [1.54, 1.807) is 56.0 Å². The lowest BCUT2D eigenvalue weighted by Gasteiger charge is -2.05. The molecule has 4 aromatic heterocycles. The van der Waals surface area contributed by atoms with Gasteiger partial charge in [0.1, 0.15) is 29.4 Å². The van der Waals surface area contributed by atoms with Gasteiger partial charge in [-0.2, -0.15) is 0 Å². The van der Waals surface area contributed by atoms with E-state index >= 15 is 0 Å². The first-order valence-electron chi connectivity index (χ1n) is 11.6. The van der Waals surface area contributed by atoms with E-state index in [0.29, 0.717) is 45.0 Å². The summed E-state index contributed by atoms with van der Waals surface area (Å²) in [5.41, 5.74) is 1.94. The molecule has 0 saturated heterocycles. The number of benzene rings is 2. The molecule has 10 heteroatoms. The summed E-state index contributed by atoms with van der Waals surface area (Å²) >= 11 is 6.05. The third-order valence-corrected chi connectivity index (χ3v) is 6.03. The fourth-order valence-corrected chi connectivity index (χ4v) is 4.04. The normalized spacial score (nSPS) is 10.7. The molecule has 0 aliphatic carbocycles. The highest BCUT2D eigenvalue weighted by molar-refractivity contribution is 6.35. The van der Waals surface area contributed by atoms with Crippen molar-refractivity contribution in [2.45, 2.75) is 6.42 Å². The molecule has 6 rings (SSSR count). The van der Waals surface area contributed by atoms with Crippen LogP contribution in [0.3, 0.4) is 0 Å². The standard InChI is InChI=1S/C15H13N3O2.C13H8ClN3O/c1-20-11-4-2-10(3-5-11)8-14-17-9-12-13(19)6-7-16-15(12)18-14;14-9-4-3-5-10-12(9)13(18)17(8-16-10)11-6-1-2-7-15-11/h2-7,9H,8H2,1H3,(H,16,17,18,19);1-8H. The SMILES string of the molecule is COc1ccc(Cc2ncc3c(=O)cc[nH]c3n2)cc1.O=c1c2c(Cl)cccc2ncn1-c1ccccn1. The lowest BCUT2D eigenvalue weighted by molar-refractivity contribution is 0.414. The van der Waals surface area contributed by atoms with Crippen LogP contribution in [0, 0.1) is 0 Å². The summed E-state index contributed by atoms with van der Waals surface area (Å²) in [6.45, 7) is 0. The maximum absolute atomic E-state index is 12.3. The maximum Gasteiger partial charge on any atom is 0.268 e. The molecule has 0 atom stereocenters. The van der Waals surface area contributed by atoms with Gasteiger partial charge < -0.3 is 9.72 Å². The van der Waals surface area contributed by atoms with Crippen LogP contribution in [-0.2, 0) is 6.42 Å². The van der Waals surface area contributed by atoms with Crippen molar-refractivity contribution in [2.24, 2.45) is 0 Å². The van der Waals surface area contributed by atoms with Crippen LogP contribution in [0.15, 0.2) is 101 Å². The third kappa shape index (κ3) is 5.28. The number of aromatic amines is 1. The van der Waals surface area contributed by atoms with Crippen LogP contribution in [-0.4, -0.2) is 36.6 Å². The van der Waals surface area contributed by atoms with Crippen LogP contribution < -0.4 is 15.7 Å². The minimum Gasteiger partial charge on any atom is -0.497 e. The van der Waals surface area contributed by atoms with Crippen molar-refractivity contribution >= 4 is 33.5 Å². The van der Waals surface area contributed by atoms with Gasteiger partial charge >= 0.3 is 0 Å². The summed E-state index contributed by atoms with van der Waals surface area (Å²) in [6, 6.07) is 19.8. The van der Waals surface area contributed by atoms with Crippen molar-refractivity contribution in [1.29, 1.82) is 0 Å². The quantitative estimate of drug-likeness (QED) is 0.364. The monoisotopic (exact) mass is 524 g/mol. The third-order valence-electron chi connectivity index (χ3n) is 5.71. The van der Waals surface area contributed by atoms with Gasteiger partial charge in [0.05, 0.1) is 28.4 Å². The van der Waals surface area contributed by atoms with Crippen molar-refractivity contribution in [1.82, 2.24) is 29.5 Å². The van der Waals surface area contributed by atoms with E-state index in [2.05, 4.69) is 24.9 Å². The molecule has 6 aromatic rings. The van der Waals surface area contributed by atoms with E-state index < -0.39 is 0 Å². The van der Waals surface area contributed by atoms with E-state index in [1.165, 1.54) is 17.0 Å². The van der Waals surface area contributed by atoms with Crippen LogP contribution in [0.4, 0.5) is 0 Å². The number of ether oxygens (including phenoxy) is 1. The first-order valence-corrected chi connectivity index (χ1v) is 11.9. The van der Waals surface area contributed by atoms with Gasteiger partial charge in [-0.15, -0.1) is 0 Å². The molecule has 2 aromatic carbocycles. The van der Waals surface area contributed by atoms with Crippen molar-refractivity contribution in [3.8, 4) is 11.6 Å². The zero-order chi connectivity index (χ0) is 26.5. The van der Waals surface area contributed by atoms with Gasteiger partial charge in [0, 0.05) is 31.1 Å². The fourth-order valence-electron chi connectivity index (χ4n) is 3.79. The number of rotatable bonds is 4. The molecule has 1 N–H and O–H groups in total. The molecular formula is C28H21ClN6O3. The molecule has 0 aliphatic heterocycles. The molecule has 0 unspecified atom stereocenters. The molecule has 0 fully saturated rings. The zero-order valence-corrected chi connectivity index (χ0v) is 21.0. The molecule has 0 aliphatic rings. The van der Waals surface area contributed by atoms with Gasteiger partial charge in [-0.3, -0.25) is 14.2 Å². The molecule has 0 bridgehead atoms. The second-order valence-corrected chi connectivity index (χ2v) is 8.56. The summed E-state index contributed by atoms with van der Waals surface area (Å²) in [7, 11) is 1.64. The molecule has 0 amide bonds. The number of aromatic nitrogens is 6. The van der Waals surface area contributed by atoms with Crippen LogP contribution >= 0.6 is 11.6 Å². The number of halogens is 1. The van der Waals surface area contributed by atoms with Crippen LogP contribution in [0.2, 0.25) is 5.02 Å². The van der Waals surface area contributed by atoms with Crippen LogP contribution in [0.5, 0.6) is 5.75 Å². The lowest BCUT2D eigenvalue weighted by atomic mass is 10.1. The predicted molar refractivity (Wildman–Crippen MR) is 146 cm³/mol. The van der Waals surface area contributed by atoms with Gasteiger partial charge in [-0.25, -0.2) is 19.9 Å². The maximum atomic E-state index is 12.3. The minimum absolute atomic E-state index is 0.0743. The highest BCUT2D eigenvalue weighted by Gasteiger charge is 2.09.